The van der Waals surface area contributed by atoms with Gasteiger partial charge in [0, 0.05) is 26.7 Å². The molecule has 3 aliphatic rings. The summed E-state index contributed by atoms with van der Waals surface area (Å²) in [6.07, 6.45) is 0. The highest BCUT2D eigenvalue weighted by molar-refractivity contribution is 8.00. The Labute approximate surface area is 388 Å². The van der Waals surface area contributed by atoms with Gasteiger partial charge in [0.25, 0.3) is 0 Å². The number of rotatable bonds is 6. The highest BCUT2D eigenvalue weighted by Gasteiger charge is 2.53. The summed E-state index contributed by atoms with van der Waals surface area (Å²) in [5.41, 5.74) is 10.7. The number of hydrogen-bond donors (Lipinski definition) is 0. The molecule has 306 valence electrons. The van der Waals surface area contributed by atoms with E-state index in [1.165, 1.54) is 80.5 Å². The minimum Gasteiger partial charge on any atom is -0.310 e. The molecule has 1 aliphatic carbocycles. The van der Waals surface area contributed by atoms with E-state index in [-0.39, 0.29) is 0 Å². The third kappa shape index (κ3) is 5.52. The molecule has 10 aromatic rings. The molecule has 1 nitrogen and oxygen atoms in total. The molecule has 0 saturated carbocycles. The molecule has 0 amide bonds. The van der Waals surface area contributed by atoms with Gasteiger partial charge in [0.15, 0.2) is 8.07 Å². The van der Waals surface area contributed by atoms with Crippen LogP contribution in [0.25, 0.3) is 11.1 Å². The van der Waals surface area contributed by atoms with Gasteiger partial charge < -0.3 is 4.90 Å². The quantitative estimate of drug-likeness (QED) is 0.153. The van der Waals surface area contributed by atoms with Gasteiger partial charge in [-0.15, -0.1) is 0 Å². The van der Waals surface area contributed by atoms with E-state index in [9.17, 15) is 0 Å². The highest BCUT2D eigenvalue weighted by atomic mass is 32.2. The lowest BCUT2D eigenvalue weighted by Gasteiger charge is -2.46. The van der Waals surface area contributed by atoms with E-state index < -0.39 is 22.3 Å². The molecule has 0 aromatic heterocycles. The van der Waals surface area contributed by atoms with Crippen molar-refractivity contribution in [1.82, 2.24) is 0 Å². The Morgan fingerprint density at radius 1 is 0.385 bits per heavy atom. The Kier molecular flexibility index (Phi) is 8.95. The first-order valence-electron chi connectivity index (χ1n) is 22.6. The third-order valence-corrected chi connectivity index (χ3v) is 24.7. The van der Waals surface area contributed by atoms with Crippen LogP contribution in [0.1, 0.15) is 22.3 Å². The van der Waals surface area contributed by atoms with E-state index >= 15 is 0 Å². The fourth-order valence-electron chi connectivity index (χ4n) is 11.9. The molecule has 1 unspecified atom stereocenters. The second-order valence-corrected chi connectivity index (χ2v) is 25.0. The van der Waals surface area contributed by atoms with Crippen LogP contribution in [0.4, 0.5) is 17.1 Å². The average molecular weight is 878 g/mol. The first-order valence-corrected chi connectivity index (χ1v) is 27.2. The van der Waals surface area contributed by atoms with E-state index in [1.807, 2.05) is 11.8 Å². The van der Waals surface area contributed by atoms with Crippen molar-refractivity contribution in [3.05, 3.63) is 277 Å². The summed E-state index contributed by atoms with van der Waals surface area (Å²) in [6, 6.07) is 96.8. The van der Waals surface area contributed by atoms with E-state index in [0.29, 0.717) is 0 Å². The Morgan fingerprint density at radius 2 is 0.908 bits per heavy atom. The van der Waals surface area contributed by atoms with Gasteiger partial charge in [-0.2, -0.15) is 0 Å². The number of anilines is 3. The Balaban J connectivity index is 1.12. The summed E-state index contributed by atoms with van der Waals surface area (Å²) in [5, 5.41) is 10.6. The van der Waals surface area contributed by atoms with Crippen molar-refractivity contribution in [1.29, 1.82) is 0 Å². The summed E-state index contributed by atoms with van der Waals surface area (Å²) < 4.78 is 0. The molecule has 13 rings (SSSR count). The summed E-state index contributed by atoms with van der Waals surface area (Å²) in [4.78, 5) is 5.32. The molecule has 0 fully saturated rings. The second-order valence-electron chi connectivity index (χ2n) is 17.4. The molecule has 1 atom stereocenters. The van der Waals surface area contributed by atoms with Crippen molar-refractivity contribution in [2.24, 2.45) is 0 Å². The van der Waals surface area contributed by atoms with Gasteiger partial charge in [0.2, 0.25) is 0 Å². The Hall–Kier alpha value is -7.22. The van der Waals surface area contributed by atoms with E-state index in [2.05, 4.69) is 260 Å². The van der Waals surface area contributed by atoms with Crippen LogP contribution in [-0.2, 0) is 5.41 Å². The van der Waals surface area contributed by atoms with E-state index in [0.717, 1.165) is 5.69 Å². The predicted molar refractivity (Wildman–Crippen MR) is 279 cm³/mol. The molecule has 0 radical (unpaired) electrons. The highest BCUT2D eigenvalue weighted by Crippen LogP contribution is 2.59. The van der Waals surface area contributed by atoms with Gasteiger partial charge in [0.1, 0.15) is 8.80 Å². The second kappa shape index (κ2) is 15.2. The zero-order valence-corrected chi connectivity index (χ0v) is 38.7. The van der Waals surface area contributed by atoms with Crippen LogP contribution in [0.3, 0.4) is 0 Å². The SMILES string of the molecule is c1ccc(N(c2ccc3c(c2)[SiH](c2ccccc2)c2ccccc2[Si]32c3ccccc3Sc3ccccc32)c2cccc3c2-c2ccccc2C3(c2ccccc2)c2ccccc2)cc1. The van der Waals surface area contributed by atoms with Crippen LogP contribution in [-0.4, -0.2) is 16.9 Å². The summed E-state index contributed by atoms with van der Waals surface area (Å²) in [6.45, 7) is 0. The van der Waals surface area contributed by atoms with Crippen LogP contribution >= 0.6 is 11.8 Å². The van der Waals surface area contributed by atoms with Crippen molar-refractivity contribution in [3.8, 4) is 11.1 Å². The van der Waals surface area contributed by atoms with Gasteiger partial charge in [-0.25, -0.2) is 0 Å². The normalized spacial score (nSPS) is 15.4. The molecule has 4 heteroatoms. The molecule has 2 aliphatic heterocycles. The first kappa shape index (κ1) is 38.3. The van der Waals surface area contributed by atoms with Crippen molar-refractivity contribution >= 4 is 82.0 Å². The first-order chi connectivity index (χ1) is 32.3. The molecular weight excluding hydrogens is 835 g/mol. The van der Waals surface area contributed by atoms with Crippen molar-refractivity contribution < 1.29 is 0 Å². The lowest BCUT2D eigenvalue weighted by atomic mass is 9.68. The largest absolute Gasteiger partial charge is 0.310 e. The maximum atomic E-state index is 2.63. The minimum atomic E-state index is -2.81. The van der Waals surface area contributed by atoms with E-state index in [1.54, 1.807) is 10.4 Å². The monoisotopic (exact) mass is 877 g/mol. The Bertz CT molecular complexity index is 3340. The Morgan fingerprint density at radius 3 is 1.58 bits per heavy atom. The number of nitrogens with zero attached hydrogens (tertiary/aromatic N) is 1. The van der Waals surface area contributed by atoms with Gasteiger partial charge in [-0.05, 0) is 91.0 Å². The van der Waals surface area contributed by atoms with Crippen LogP contribution in [0.5, 0.6) is 0 Å². The van der Waals surface area contributed by atoms with Crippen LogP contribution in [0.2, 0.25) is 0 Å². The zero-order chi connectivity index (χ0) is 43.0. The lowest BCUT2D eigenvalue weighted by molar-refractivity contribution is 0.768. The van der Waals surface area contributed by atoms with Gasteiger partial charge in [-0.1, -0.05) is 240 Å². The number of benzene rings is 10. The summed E-state index contributed by atoms with van der Waals surface area (Å²) in [5.74, 6) is 0. The fraction of sp³-hybridized carbons (Fsp3) is 0.0164. The number of para-hydroxylation sites is 1. The number of fused-ring (bicyclic) bond motifs is 11. The van der Waals surface area contributed by atoms with Gasteiger partial charge in [-0.3, -0.25) is 0 Å². The standard InChI is InChI=1S/C61H43NSSi2/c1-5-22-43(23-6-1)61(44-24-7-2-8-25-44)49-31-14-13-30-48(49)60-50(61)32-21-33-51(60)62(45-26-9-3-10-27-45)46-40-41-59-55(42-46)64(47-28-11-4-12-29-47)54-36-17-20-39-58(54)65(59)56-37-18-15-34-52(56)63-53-35-16-19-38-57(53)65/h1-42,64H. The topological polar surface area (TPSA) is 3.24 Å². The van der Waals surface area contributed by atoms with Crippen LogP contribution in [0.15, 0.2) is 265 Å². The summed E-state index contributed by atoms with van der Waals surface area (Å²) >= 11 is 1.94. The third-order valence-electron chi connectivity index (χ3n) is 14.3. The fourth-order valence-corrected chi connectivity index (χ4v) is 24.3. The van der Waals surface area contributed by atoms with Crippen molar-refractivity contribution in [2.75, 3.05) is 4.90 Å². The van der Waals surface area contributed by atoms with Gasteiger partial charge in [0.05, 0.1) is 11.1 Å². The minimum absolute atomic E-state index is 0.505. The van der Waals surface area contributed by atoms with Crippen molar-refractivity contribution in [2.45, 2.75) is 15.2 Å². The lowest BCUT2D eigenvalue weighted by Crippen LogP contribution is -2.87. The predicted octanol–water partition coefficient (Wildman–Crippen LogP) is 9.92. The van der Waals surface area contributed by atoms with Gasteiger partial charge >= 0.3 is 0 Å². The summed E-state index contributed by atoms with van der Waals surface area (Å²) in [7, 11) is -4.84. The molecule has 0 N–H and O–H groups in total. The van der Waals surface area contributed by atoms with Crippen molar-refractivity contribution in [3.63, 3.8) is 0 Å². The van der Waals surface area contributed by atoms with Crippen LogP contribution in [0, 0.1) is 0 Å². The molecule has 65 heavy (non-hydrogen) atoms. The average Bonchev–Trinajstić information content (AvgIpc) is 3.69. The molecule has 0 bridgehead atoms. The smallest absolute Gasteiger partial charge is 0.181 e. The molecule has 1 spiro atoms. The molecule has 10 aromatic carbocycles. The number of hydrogen-bond acceptors (Lipinski definition) is 2. The maximum Gasteiger partial charge on any atom is 0.181 e. The van der Waals surface area contributed by atoms with Crippen LogP contribution < -0.4 is 41.2 Å². The van der Waals surface area contributed by atoms with E-state index in [4.69, 9.17) is 0 Å². The molecule has 0 saturated heterocycles. The molecule has 2 heterocycles. The maximum absolute atomic E-state index is 2.81. The molecular formula is C61H43NSSi2. The zero-order valence-electron chi connectivity index (χ0n) is 35.7.